The Morgan fingerprint density at radius 2 is 1.12 bits per heavy atom. The summed E-state index contributed by atoms with van der Waals surface area (Å²) in [5.74, 6) is 9.73. The van der Waals surface area contributed by atoms with Crippen LogP contribution in [0.2, 0.25) is 5.02 Å². The standard InChI is InChI=1S/C75H77ClO/c1-9-11-13-15-17-25-39-75(38-24-16-14-12-10-2)60-30-22-20-27-51(60)54-36-33-48(41-66(54)75)47-32-35-53-52-28-19-18-26-49(42-62(52)72(3,4)61(53)40-47)57-44-67-70(71-69(57)56-29-21-23-31-68(56)77-71)59-46-64-58(45-65(59)74(67,7)8)55-37-34-50(76)43-63(55)73(64,5)6/h20-23,27,30-37,40-46,56H,9-17,24-26,28-29,38-39H2,1-8H3. The van der Waals surface area contributed by atoms with Gasteiger partial charge >= 0.3 is 0 Å². The third-order valence-corrected chi connectivity index (χ3v) is 20.2. The van der Waals surface area contributed by atoms with E-state index in [1.54, 1.807) is 11.1 Å². The average Bonchev–Trinajstić information content (AvgIpc) is 4.27. The lowest BCUT2D eigenvalue weighted by atomic mass is 9.70. The highest BCUT2D eigenvalue weighted by molar-refractivity contribution is 6.30. The van der Waals surface area contributed by atoms with Crippen molar-refractivity contribution in [3.63, 3.8) is 0 Å². The van der Waals surface area contributed by atoms with Crippen LogP contribution in [0.5, 0.6) is 5.75 Å². The van der Waals surface area contributed by atoms with Gasteiger partial charge in [-0.3, -0.25) is 0 Å². The summed E-state index contributed by atoms with van der Waals surface area (Å²) < 4.78 is 7.22. The van der Waals surface area contributed by atoms with E-state index in [1.807, 2.05) is 0 Å². The van der Waals surface area contributed by atoms with Gasteiger partial charge in [0.1, 0.15) is 11.5 Å². The predicted molar refractivity (Wildman–Crippen MR) is 326 cm³/mol. The fraction of sp³-hybridized carbons (Fsp3) is 0.387. The molecule has 7 aliphatic rings. The summed E-state index contributed by atoms with van der Waals surface area (Å²) in [7, 11) is 0. The van der Waals surface area contributed by atoms with Crippen LogP contribution in [0.15, 0.2) is 133 Å². The maximum Gasteiger partial charge on any atom is 0.139 e. The zero-order valence-corrected chi connectivity index (χ0v) is 48.0. The Morgan fingerprint density at radius 1 is 0.532 bits per heavy atom. The smallest absolute Gasteiger partial charge is 0.139 e. The first kappa shape index (κ1) is 50.4. The van der Waals surface area contributed by atoms with E-state index in [1.165, 1.54) is 189 Å². The first-order valence-corrected chi connectivity index (χ1v) is 30.2. The predicted octanol–water partition coefficient (Wildman–Crippen LogP) is 21.2. The summed E-state index contributed by atoms with van der Waals surface area (Å²) in [5.41, 5.74) is 28.2. The molecule has 2 atom stereocenters. The van der Waals surface area contributed by atoms with Gasteiger partial charge in [-0.05, 0) is 174 Å². The number of ether oxygens (including phenoxy) is 1. The molecule has 1 nitrogen and oxygen atoms in total. The van der Waals surface area contributed by atoms with Crippen molar-refractivity contribution in [1.82, 2.24) is 0 Å². The molecule has 77 heavy (non-hydrogen) atoms. The van der Waals surface area contributed by atoms with Crippen LogP contribution in [-0.4, -0.2) is 0 Å². The molecule has 0 fully saturated rings. The van der Waals surface area contributed by atoms with Crippen LogP contribution in [0.3, 0.4) is 0 Å². The molecule has 0 saturated heterocycles. The van der Waals surface area contributed by atoms with Gasteiger partial charge in [-0.25, -0.2) is 0 Å². The molecule has 6 aliphatic carbocycles. The van der Waals surface area contributed by atoms with Crippen molar-refractivity contribution in [2.45, 2.75) is 186 Å². The van der Waals surface area contributed by atoms with Crippen molar-refractivity contribution in [1.29, 1.82) is 0 Å². The second-order valence-corrected chi connectivity index (χ2v) is 26.0. The Labute approximate surface area is 466 Å². The van der Waals surface area contributed by atoms with Crippen molar-refractivity contribution in [2.24, 2.45) is 0 Å². The van der Waals surface area contributed by atoms with E-state index in [0.717, 1.165) is 29.4 Å². The molecular formula is C75H77ClO. The first-order chi connectivity index (χ1) is 37.3. The van der Waals surface area contributed by atoms with Crippen LogP contribution in [0.25, 0.3) is 55.7 Å². The molecule has 0 radical (unpaired) electrons. The molecule has 13 rings (SSSR count). The lowest BCUT2D eigenvalue weighted by molar-refractivity contribution is 0.398. The second kappa shape index (κ2) is 19.1. The number of unbranched alkanes of at least 4 members (excludes halogenated alkanes) is 9. The molecule has 6 aromatic carbocycles. The van der Waals surface area contributed by atoms with Crippen LogP contribution in [0, 0.1) is 11.8 Å². The van der Waals surface area contributed by atoms with E-state index in [-0.39, 0.29) is 27.6 Å². The molecule has 0 amide bonds. The number of hydrogen-bond acceptors (Lipinski definition) is 1. The van der Waals surface area contributed by atoms with Crippen molar-refractivity contribution >= 4 is 22.7 Å². The molecule has 0 aromatic heterocycles. The Bertz CT molecular complexity index is 3640. The van der Waals surface area contributed by atoms with Crippen LogP contribution in [0.4, 0.5) is 0 Å². The second-order valence-electron chi connectivity index (χ2n) is 25.6. The number of fused-ring (bicyclic) bond motifs is 15. The van der Waals surface area contributed by atoms with Gasteiger partial charge in [0.25, 0.3) is 0 Å². The van der Waals surface area contributed by atoms with Crippen molar-refractivity contribution in [3.05, 3.63) is 193 Å². The van der Waals surface area contributed by atoms with E-state index in [4.69, 9.17) is 16.3 Å². The van der Waals surface area contributed by atoms with Gasteiger partial charge < -0.3 is 4.74 Å². The fourth-order valence-corrected chi connectivity index (χ4v) is 15.9. The molecule has 6 aromatic rings. The highest BCUT2D eigenvalue weighted by Gasteiger charge is 2.48. The summed E-state index contributed by atoms with van der Waals surface area (Å²) in [6.45, 7) is 19.2. The minimum atomic E-state index is -0.257. The number of halogens is 1. The summed E-state index contributed by atoms with van der Waals surface area (Å²) in [4.78, 5) is 0. The zero-order valence-electron chi connectivity index (χ0n) is 47.2. The van der Waals surface area contributed by atoms with E-state index in [0.29, 0.717) is 6.42 Å². The summed E-state index contributed by atoms with van der Waals surface area (Å²) in [6.07, 6.45) is 28.7. The third-order valence-electron chi connectivity index (χ3n) is 20.0. The molecule has 0 spiro atoms. The van der Waals surface area contributed by atoms with E-state index >= 15 is 0 Å². The number of hydrogen-bond donors (Lipinski definition) is 0. The van der Waals surface area contributed by atoms with E-state index in [2.05, 4.69) is 189 Å². The minimum Gasteiger partial charge on any atom is -0.460 e. The van der Waals surface area contributed by atoms with Gasteiger partial charge in [0.2, 0.25) is 0 Å². The maximum atomic E-state index is 7.22. The third kappa shape index (κ3) is 7.84. The van der Waals surface area contributed by atoms with Gasteiger partial charge in [0, 0.05) is 56.6 Å². The highest BCUT2D eigenvalue weighted by Crippen LogP contribution is 2.63. The lowest BCUT2D eigenvalue weighted by Crippen LogP contribution is -2.25. The average molecular weight is 1030 g/mol. The minimum absolute atomic E-state index is 0.0512. The summed E-state index contributed by atoms with van der Waals surface area (Å²) >= 11 is 6.67. The Hall–Kier alpha value is -6.07. The SMILES string of the molecule is CCCCCCCCC1(CCCCCCC)c2ccccc2-c2ccc(-c3ccc4c(c3)C(C)(C)C3=C4CC#CCC(c4cc5c(c6c4C4CC=CC=C4O6)-c4cc6c(cc4C5(C)C)-c4ccc(Cl)cc4C6(C)C)=C3)cc21. The van der Waals surface area contributed by atoms with Crippen LogP contribution in [0.1, 0.15) is 220 Å². The van der Waals surface area contributed by atoms with E-state index < -0.39 is 0 Å². The van der Waals surface area contributed by atoms with Crippen LogP contribution >= 0.6 is 11.6 Å². The first-order valence-electron chi connectivity index (χ1n) is 29.8. The molecule has 0 bridgehead atoms. The molecule has 1 aliphatic heterocycles. The molecular weight excluding hydrogens is 952 g/mol. The highest BCUT2D eigenvalue weighted by atomic mass is 35.5. The molecule has 2 heteroatoms. The van der Waals surface area contributed by atoms with Gasteiger partial charge in [-0.1, -0.05) is 222 Å². The molecule has 1 heterocycles. The topological polar surface area (TPSA) is 9.23 Å². The normalized spacial score (nSPS) is 20.4. The number of allylic oxidation sites excluding steroid dienone is 8. The summed E-state index contributed by atoms with van der Waals surface area (Å²) in [6, 6.07) is 38.5. The van der Waals surface area contributed by atoms with Gasteiger partial charge in [-0.15, -0.1) is 0 Å². The van der Waals surface area contributed by atoms with Crippen LogP contribution in [-0.2, 0) is 21.7 Å². The quantitative estimate of drug-likeness (QED) is 0.0736. The number of benzene rings is 6. The fourth-order valence-electron chi connectivity index (χ4n) is 15.7. The van der Waals surface area contributed by atoms with Crippen molar-refractivity contribution in [2.75, 3.05) is 0 Å². The van der Waals surface area contributed by atoms with Gasteiger partial charge in [-0.2, -0.15) is 0 Å². The summed E-state index contributed by atoms with van der Waals surface area (Å²) in [5, 5.41) is 0.793. The van der Waals surface area contributed by atoms with Gasteiger partial charge in [0.15, 0.2) is 0 Å². The van der Waals surface area contributed by atoms with Crippen molar-refractivity contribution < 1.29 is 4.74 Å². The van der Waals surface area contributed by atoms with Crippen molar-refractivity contribution in [3.8, 4) is 62.1 Å². The van der Waals surface area contributed by atoms with Crippen LogP contribution < -0.4 is 4.74 Å². The monoisotopic (exact) mass is 1030 g/mol. The molecule has 0 saturated carbocycles. The van der Waals surface area contributed by atoms with E-state index in [9.17, 15) is 0 Å². The number of rotatable bonds is 15. The molecule has 390 valence electrons. The molecule has 0 N–H and O–H groups in total. The Morgan fingerprint density at radius 3 is 1.88 bits per heavy atom. The zero-order chi connectivity index (χ0) is 53.0. The Balaban J connectivity index is 0.888. The largest absolute Gasteiger partial charge is 0.460 e. The van der Waals surface area contributed by atoms with Gasteiger partial charge in [0.05, 0.1) is 0 Å². The maximum absolute atomic E-state index is 7.22. The lowest BCUT2D eigenvalue weighted by Gasteiger charge is -2.33. The molecule has 2 unspecified atom stereocenters. The Kier molecular flexibility index (Phi) is 12.5.